The van der Waals surface area contributed by atoms with E-state index in [0.29, 0.717) is 24.2 Å². The second kappa shape index (κ2) is 6.69. The van der Waals surface area contributed by atoms with Crippen molar-refractivity contribution in [3.8, 4) is 0 Å². The van der Waals surface area contributed by atoms with Gasteiger partial charge in [-0.05, 0) is 43.7 Å². The van der Waals surface area contributed by atoms with Gasteiger partial charge in [0.15, 0.2) is 0 Å². The zero-order valence-electron chi connectivity index (χ0n) is 14.2. The van der Waals surface area contributed by atoms with Crippen molar-refractivity contribution < 1.29 is 9.90 Å². The van der Waals surface area contributed by atoms with Crippen LogP contribution in [-0.2, 0) is 18.4 Å². The van der Waals surface area contributed by atoms with E-state index >= 15 is 0 Å². The Balaban J connectivity index is 1.78. The number of aryl methyl sites for hydroxylation is 3. The predicted octanol–water partition coefficient (Wildman–Crippen LogP) is 2.30. The van der Waals surface area contributed by atoms with E-state index in [1.165, 1.54) is 0 Å². The van der Waals surface area contributed by atoms with Gasteiger partial charge in [0.2, 0.25) is 0 Å². The number of benzene rings is 1. The van der Waals surface area contributed by atoms with Gasteiger partial charge < -0.3 is 10.4 Å². The summed E-state index contributed by atoms with van der Waals surface area (Å²) in [7, 11) is 0. The van der Waals surface area contributed by atoms with Gasteiger partial charge in [-0.2, -0.15) is 0 Å². The quantitative estimate of drug-likeness (QED) is 0.904. The minimum atomic E-state index is -1.01. The maximum Gasteiger partial charge on any atom is 0.254 e. The lowest BCUT2D eigenvalue weighted by molar-refractivity contribution is 0.0189. The number of aliphatic hydroxyl groups is 1. The second-order valence-electron chi connectivity index (χ2n) is 6.36. The number of rotatable bonds is 4. The van der Waals surface area contributed by atoms with Crippen LogP contribution in [0, 0.1) is 6.92 Å². The zero-order valence-corrected chi connectivity index (χ0v) is 14.2. The van der Waals surface area contributed by atoms with Crippen LogP contribution in [0.2, 0.25) is 0 Å². The average Bonchev–Trinajstić information content (AvgIpc) is 2.60. The van der Waals surface area contributed by atoms with Crippen molar-refractivity contribution in [3.05, 3.63) is 58.7 Å². The summed E-state index contributed by atoms with van der Waals surface area (Å²) in [6.45, 7) is 3.96. The number of hydrogen-bond acceptors (Lipinski definition) is 4. The third-order valence-corrected chi connectivity index (χ3v) is 4.66. The van der Waals surface area contributed by atoms with Gasteiger partial charge >= 0.3 is 0 Å². The number of amides is 1. The van der Waals surface area contributed by atoms with E-state index in [1.54, 1.807) is 6.20 Å². The first-order valence-corrected chi connectivity index (χ1v) is 8.45. The maximum absolute atomic E-state index is 12.5. The molecule has 1 aliphatic rings. The van der Waals surface area contributed by atoms with Crippen LogP contribution in [0.15, 0.2) is 30.5 Å². The Morgan fingerprint density at radius 2 is 2.17 bits per heavy atom. The smallest absolute Gasteiger partial charge is 0.254 e. The molecule has 0 saturated carbocycles. The van der Waals surface area contributed by atoms with Gasteiger partial charge in [-0.3, -0.25) is 4.79 Å². The number of fused-ring (bicyclic) bond motifs is 1. The Kier molecular flexibility index (Phi) is 4.62. The van der Waals surface area contributed by atoms with Crippen molar-refractivity contribution in [2.75, 3.05) is 6.54 Å². The lowest BCUT2D eigenvalue weighted by Crippen LogP contribution is -2.43. The fourth-order valence-electron chi connectivity index (χ4n) is 3.38. The zero-order chi connectivity index (χ0) is 17.2. The van der Waals surface area contributed by atoms with Crippen molar-refractivity contribution in [1.29, 1.82) is 0 Å². The van der Waals surface area contributed by atoms with Crippen molar-refractivity contribution in [2.24, 2.45) is 0 Å². The Morgan fingerprint density at radius 3 is 2.96 bits per heavy atom. The minimum absolute atomic E-state index is 0.194. The number of aromatic nitrogens is 2. The highest BCUT2D eigenvalue weighted by atomic mass is 16.3. The summed E-state index contributed by atoms with van der Waals surface area (Å²) in [6, 6.07) is 7.91. The fraction of sp³-hybridized carbons (Fsp3) is 0.421. The molecule has 1 aliphatic carbocycles. The van der Waals surface area contributed by atoms with Gasteiger partial charge in [-0.25, -0.2) is 9.97 Å². The molecule has 1 amide bonds. The summed E-state index contributed by atoms with van der Waals surface area (Å²) < 4.78 is 0. The first-order valence-electron chi connectivity index (χ1n) is 8.45. The number of carbonyl (C=O) groups excluding carboxylic acids is 1. The monoisotopic (exact) mass is 325 g/mol. The summed E-state index contributed by atoms with van der Waals surface area (Å²) in [4.78, 5) is 21.0. The van der Waals surface area contributed by atoms with E-state index in [1.807, 2.05) is 38.1 Å². The second-order valence-corrected chi connectivity index (χ2v) is 6.36. The molecular weight excluding hydrogens is 302 g/mol. The first-order chi connectivity index (χ1) is 11.5. The molecule has 126 valence electrons. The molecule has 24 heavy (non-hydrogen) atoms. The Morgan fingerprint density at radius 1 is 1.38 bits per heavy atom. The van der Waals surface area contributed by atoms with Gasteiger partial charge in [0, 0.05) is 6.20 Å². The molecule has 5 heteroatoms. The third kappa shape index (κ3) is 3.17. The van der Waals surface area contributed by atoms with E-state index in [-0.39, 0.29) is 12.5 Å². The summed E-state index contributed by atoms with van der Waals surface area (Å²) >= 11 is 0. The van der Waals surface area contributed by atoms with E-state index in [4.69, 9.17) is 0 Å². The number of nitrogens with zero attached hydrogens (tertiary/aromatic N) is 2. The van der Waals surface area contributed by atoms with Gasteiger partial charge in [0.1, 0.15) is 11.4 Å². The maximum atomic E-state index is 12.5. The molecule has 2 aromatic rings. The molecule has 1 aromatic carbocycles. The lowest BCUT2D eigenvalue weighted by atomic mass is 9.79. The molecule has 1 aromatic heterocycles. The number of carbonyl (C=O) groups is 1. The SMILES string of the molecule is CCc1nc(C)ncc1C(=O)NC[C@]1(O)CCCc2ccccc21. The summed E-state index contributed by atoms with van der Waals surface area (Å²) in [5.74, 6) is 0.423. The third-order valence-electron chi connectivity index (χ3n) is 4.66. The van der Waals surface area contributed by atoms with E-state index in [0.717, 1.165) is 29.7 Å². The predicted molar refractivity (Wildman–Crippen MR) is 91.8 cm³/mol. The van der Waals surface area contributed by atoms with Gasteiger partial charge in [-0.1, -0.05) is 31.2 Å². The van der Waals surface area contributed by atoms with Gasteiger partial charge in [0.25, 0.3) is 5.91 Å². The highest BCUT2D eigenvalue weighted by Gasteiger charge is 2.34. The van der Waals surface area contributed by atoms with Crippen LogP contribution in [0.3, 0.4) is 0 Å². The van der Waals surface area contributed by atoms with Crippen molar-refractivity contribution >= 4 is 5.91 Å². The molecule has 0 spiro atoms. The molecule has 0 bridgehead atoms. The topological polar surface area (TPSA) is 75.1 Å². The first kappa shape index (κ1) is 16.6. The van der Waals surface area contributed by atoms with Gasteiger partial charge in [0.05, 0.1) is 17.8 Å². The van der Waals surface area contributed by atoms with Crippen LogP contribution in [-0.4, -0.2) is 27.5 Å². The molecular formula is C19H23N3O2. The van der Waals surface area contributed by atoms with E-state index in [2.05, 4.69) is 15.3 Å². The van der Waals surface area contributed by atoms with E-state index in [9.17, 15) is 9.90 Å². The molecule has 0 aliphatic heterocycles. The van der Waals surface area contributed by atoms with Crippen LogP contribution in [0.25, 0.3) is 0 Å². The Labute approximate surface area is 142 Å². The van der Waals surface area contributed by atoms with E-state index < -0.39 is 5.60 Å². The van der Waals surface area contributed by atoms with Crippen LogP contribution in [0.1, 0.15) is 52.8 Å². The van der Waals surface area contributed by atoms with Crippen LogP contribution < -0.4 is 5.32 Å². The molecule has 1 atom stereocenters. The standard InChI is InChI=1S/C19H23N3O2/c1-3-17-15(11-20-13(2)22-17)18(23)21-12-19(24)10-6-8-14-7-4-5-9-16(14)19/h4-5,7,9,11,24H,3,6,8,10,12H2,1-2H3,(H,21,23)/t19-/m1/s1. The fourth-order valence-corrected chi connectivity index (χ4v) is 3.38. The highest BCUT2D eigenvalue weighted by Crippen LogP contribution is 2.34. The minimum Gasteiger partial charge on any atom is -0.383 e. The summed E-state index contributed by atoms with van der Waals surface area (Å²) in [5.41, 5.74) is 2.29. The number of nitrogens with one attached hydrogen (secondary N) is 1. The highest BCUT2D eigenvalue weighted by molar-refractivity contribution is 5.95. The Bertz CT molecular complexity index is 760. The van der Waals surface area contributed by atoms with Crippen LogP contribution in [0.4, 0.5) is 0 Å². The van der Waals surface area contributed by atoms with Crippen molar-refractivity contribution in [2.45, 2.75) is 45.1 Å². The molecule has 5 nitrogen and oxygen atoms in total. The Hall–Kier alpha value is -2.27. The van der Waals surface area contributed by atoms with Gasteiger partial charge in [-0.15, -0.1) is 0 Å². The molecule has 0 radical (unpaired) electrons. The average molecular weight is 325 g/mol. The lowest BCUT2D eigenvalue weighted by Gasteiger charge is -2.34. The molecule has 0 fully saturated rings. The largest absolute Gasteiger partial charge is 0.383 e. The molecule has 0 saturated heterocycles. The summed E-state index contributed by atoms with van der Waals surface area (Å²) in [5, 5.41) is 13.9. The summed E-state index contributed by atoms with van der Waals surface area (Å²) in [6.07, 6.45) is 4.76. The molecule has 3 rings (SSSR count). The van der Waals surface area contributed by atoms with Crippen LogP contribution >= 0.6 is 0 Å². The molecule has 1 heterocycles. The normalized spacial score (nSPS) is 19.6. The number of hydrogen-bond donors (Lipinski definition) is 2. The van der Waals surface area contributed by atoms with Crippen LogP contribution in [0.5, 0.6) is 0 Å². The molecule has 2 N–H and O–H groups in total. The van der Waals surface area contributed by atoms with Crippen molar-refractivity contribution in [1.82, 2.24) is 15.3 Å². The molecule has 0 unspecified atom stereocenters. The van der Waals surface area contributed by atoms with Crippen molar-refractivity contribution in [3.63, 3.8) is 0 Å².